The quantitative estimate of drug-likeness (QED) is 0.810. The van der Waals surface area contributed by atoms with Crippen LogP contribution < -0.4 is 4.90 Å². The van der Waals surface area contributed by atoms with Crippen LogP contribution in [0.4, 0.5) is 5.69 Å². The maximum Gasteiger partial charge on any atom is 0.274 e. The van der Waals surface area contributed by atoms with Crippen LogP contribution in [0.5, 0.6) is 0 Å². The lowest BCUT2D eigenvalue weighted by Crippen LogP contribution is -2.42. The molecular weight excluding hydrogens is 276 g/mol. The van der Waals surface area contributed by atoms with Gasteiger partial charge in [0, 0.05) is 38.1 Å². The Morgan fingerprint density at radius 2 is 2.00 bits per heavy atom. The zero-order valence-electron chi connectivity index (χ0n) is 13.2. The summed E-state index contributed by atoms with van der Waals surface area (Å²) in [5, 5.41) is 0. The number of aromatic nitrogens is 2. The highest BCUT2D eigenvalue weighted by Gasteiger charge is 2.28. The van der Waals surface area contributed by atoms with Crippen molar-refractivity contribution in [2.75, 3.05) is 18.5 Å². The molecule has 1 atom stereocenters. The molecule has 2 aromatic rings. The second-order valence-electron chi connectivity index (χ2n) is 5.83. The summed E-state index contributed by atoms with van der Waals surface area (Å²) in [6.07, 6.45) is 3.20. The Labute approximate surface area is 130 Å². The Morgan fingerprint density at radius 3 is 2.73 bits per heavy atom. The molecule has 1 amide bonds. The Kier molecular flexibility index (Phi) is 3.79. The third kappa shape index (κ3) is 2.66. The number of carbonyl (C=O) groups is 1. The standard InChI is InChI=1S/C17H20N4O/c1-12-8-19-15(9-18-12)17(22)21-11-14-6-4-5-7-16(14)20(3)10-13(21)2/h4-9,13H,10-11H2,1-3H3/t13-/m1/s1. The van der Waals surface area contributed by atoms with E-state index in [4.69, 9.17) is 0 Å². The van der Waals surface area contributed by atoms with Gasteiger partial charge in [-0.05, 0) is 25.5 Å². The number of aryl methyl sites for hydroxylation is 1. The van der Waals surface area contributed by atoms with Crippen molar-refractivity contribution < 1.29 is 4.79 Å². The number of anilines is 1. The summed E-state index contributed by atoms with van der Waals surface area (Å²) in [6.45, 7) is 5.32. The fourth-order valence-corrected chi connectivity index (χ4v) is 2.87. The third-order valence-corrected chi connectivity index (χ3v) is 4.07. The maximum absolute atomic E-state index is 12.8. The summed E-state index contributed by atoms with van der Waals surface area (Å²) >= 11 is 0. The molecule has 0 unspecified atom stereocenters. The Balaban J connectivity index is 1.93. The number of likely N-dealkylation sites (N-methyl/N-ethyl adjacent to an activating group) is 1. The molecule has 0 bridgehead atoms. The lowest BCUT2D eigenvalue weighted by Gasteiger charge is -2.28. The van der Waals surface area contributed by atoms with Gasteiger partial charge in [0.2, 0.25) is 0 Å². The normalized spacial score (nSPS) is 17.9. The Morgan fingerprint density at radius 1 is 1.23 bits per heavy atom. The van der Waals surface area contributed by atoms with E-state index in [2.05, 4.69) is 41.0 Å². The van der Waals surface area contributed by atoms with E-state index in [1.807, 2.05) is 24.0 Å². The number of hydrogen-bond acceptors (Lipinski definition) is 4. The lowest BCUT2D eigenvalue weighted by atomic mass is 10.1. The van der Waals surface area contributed by atoms with E-state index in [9.17, 15) is 4.79 Å². The minimum Gasteiger partial charge on any atom is -0.372 e. The van der Waals surface area contributed by atoms with E-state index in [0.717, 1.165) is 17.8 Å². The molecule has 0 spiro atoms. The fraction of sp³-hybridized carbons (Fsp3) is 0.353. The fourth-order valence-electron chi connectivity index (χ4n) is 2.87. The van der Waals surface area contributed by atoms with Crippen molar-refractivity contribution in [3.63, 3.8) is 0 Å². The molecule has 1 aliphatic heterocycles. The first-order valence-corrected chi connectivity index (χ1v) is 7.45. The van der Waals surface area contributed by atoms with Gasteiger partial charge in [0.1, 0.15) is 5.69 Å². The molecule has 0 aliphatic carbocycles. The molecule has 0 saturated carbocycles. The minimum absolute atomic E-state index is 0.0647. The first-order valence-electron chi connectivity index (χ1n) is 7.45. The molecule has 0 fully saturated rings. The van der Waals surface area contributed by atoms with Crippen molar-refractivity contribution in [3.05, 3.63) is 53.6 Å². The number of benzene rings is 1. The zero-order chi connectivity index (χ0) is 15.7. The molecule has 5 nitrogen and oxygen atoms in total. The van der Waals surface area contributed by atoms with Crippen molar-refractivity contribution in [1.82, 2.24) is 14.9 Å². The van der Waals surface area contributed by atoms with Gasteiger partial charge in [-0.2, -0.15) is 0 Å². The van der Waals surface area contributed by atoms with Gasteiger partial charge in [0.15, 0.2) is 0 Å². The predicted molar refractivity (Wildman–Crippen MR) is 85.8 cm³/mol. The molecule has 1 aliphatic rings. The van der Waals surface area contributed by atoms with Gasteiger partial charge >= 0.3 is 0 Å². The number of rotatable bonds is 1. The molecule has 114 valence electrons. The van der Waals surface area contributed by atoms with Crippen LogP contribution in [0.25, 0.3) is 0 Å². The Bertz CT molecular complexity index is 683. The minimum atomic E-state index is -0.0647. The van der Waals surface area contributed by atoms with Crippen LogP contribution in [-0.4, -0.2) is 40.4 Å². The molecule has 2 heterocycles. The first-order chi connectivity index (χ1) is 10.6. The van der Waals surface area contributed by atoms with Crippen molar-refractivity contribution in [2.24, 2.45) is 0 Å². The molecule has 0 saturated heterocycles. The van der Waals surface area contributed by atoms with Crippen LogP contribution in [0.1, 0.15) is 28.7 Å². The highest BCUT2D eigenvalue weighted by atomic mass is 16.2. The van der Waals surface area contributed by atoms with Gasteiger partial charge in [-0.1, -0.05) is 18.2 Å². The topological polar surface area (TPSA) is 49.3 Å². The predicted octanol–water partition coefficient (Wildman–Crippen LogP) is 2.27. The second-order valence-corrected chi connectivity index (χ2v) is 5.83. The molecule has 22 heavy (non-hydrogen) atoms. The van der Waals surface area contributed by atoms with Crippen molar-refractivity contribution in [3.8, 4) is 0 Å². The van der Waals surface area contributed by atoms with E-state index < -0.39 is 0 Å². The van der Waals surface area contributed by atoms with Crippen molar-refractivity contribution in [1.29, 1.82) is 0 Å². The van der Waals surface area contributed by atoms with Crippen molar-refractivity contribution in [2.45, 2.75) is 26.4 Å². The van der Waals surface area contributed by atoms with Gasteiger partial charge in [-0.3, -0.25) is 9.78 Å². The summed E-state index contributed by atoms with van der Waals surface area (Å²) < 4.78 is 0. The van der Waals surface area contributed by atoms with E-state index >= 15 is 0 Å². The number of hydrogen-bond donors (Lipinski definition) is 0. The highest BCUT2D eigenvalue weighted by Crippen LogP contribution is 2.26. The van der Waals surface area contributed by atoms with E-state index in [0.29, 0.717) is 12.2 Å². The lowest BCUT2D eigenvalue weighted by molar-refractivity contribution is 0.0680. The molecule has 1 aromatic heterocycles. The van der Waals surface area contributed by atoms with Crippen LogP contribution in [0, 0.1) is 6.92 Å². The van der Waals surface area contributed by atoms with Gasteiger partial charge < -0.3 is 9.80 Å². The van der Waals surface area contributed by atoms with Gasteiger partial charge in [0.25, 0.3) is 5.91 Å². The SMILES string of the molecule is Cc1cnc(C(=O)N2Cc3ccccc3N(C)C[C@H]2C)cn1. The van der Waals surface area contributed by atoms with Crippen LogP contribution in [0.2, 0.25) is 0 Å². The summed E-state index contributed by atoms with van der Waals surface area (Å²) in [5.74, 6) is -0.0647. The number of nitrogens with zero attached hydrogens (tertiary/aromatic N) is 4. The Hall–Kier alpha value is -2.43. The summed E-state index contributed by atoms with van der Waals surface area (Å²) in [4.78, 5) is 25.3. The van der Waals surface area contributed by atoms with Gasteiger partial charge in [0.05, 0.1) is 11.9 Å². The van der Waals surface area contributed by atoms with E-state index in [-0.39, 0.29) is 11.9 Å². The number of amides is 1. The van der Waals surface area contributed by atoms with E-state index in [1.165, 1.54) is 5.69 Å². The van der Waals surface area contributed by atoms with Gasteiger partial charge in [-0.25, -0.2) is 4.98 Å². The smallest absolute Gasteiger partial charge is 0.274 e. The second kappa shape index (κ2) is 5.75. The number of fused-ring (bicyclic) bond motifs is 1. The maximum atomic E-state index is 12.8. The molecule has 0 radical (unpaired) electrons. The van der Waals surface area contributed by atoms with Crippen LogP contribution in [-0.2, 0) is 6.54 Å². The summed E-state index contributed by atoms with van der Waals surface area (Å²) in [6, 6.07) is 8.32. The average Bonchev–Trinajstić information content (AvgIpc) is 2.64. The molecular formula is C17H20N4O. The number of carbonyl (C=O) groups excluding carboxylic acids is 1. The monoisotopic (exact) mass is 296 g/mol. The summed E-state index contributed by atoms with van der Waals surface area (Å²) in [5.41, 5.74) is 3.55. The third-order valence-electron chi connectivity index (χ3n) is 4.07. The zero-order valence-corrected chi connectivity index (χ0v) is 13.2. The summed E-state index contributed by atoms with van der Waals surface area (Å²) in [7, 11) is 2.06. The van der Waals surface area contributed by atoms with Gasteiger partial charge in [-0.15, -0.1) is 0 Å². The molecule has 0 N–H and O–H groups in total. The molecule has 1 aromatic carbocycles. The van der Waals surface area contributed by atoms with Crippen molar-refractivity contribution >= 4 is 11.6 Å². The average molecular weight is 296 g/mol. The largest absolute Gasteiger partial charge is 0.372 e. The number of para-hydroxylation sites is 1. The first kappa shape index (κ1) is 14.5. The van der Waals surface area contributed by atoms with Crippen LogP contribution in [0.15, 0.2) is 36.7 Å². The van der Waals surface area contributed by atoms with E-state index in [1.54, 1.807) is 12.4 Å². The van der Waals surface area contributed by atoms with Crippen LogP contribution in [0.3, 0.4) is 0 Å². The molecule has 3 rings (SSSR count). The molecule has 5 heteroatoms. The van der Waals surface area contributed by atoms with Crippen LogP contribution >= 0.6 is 0 Å². The highest BCUT2D eigenvalue weighted by molar-refractivity contribution is 5.92.